The Morgan fingerprint density at radius 1 is 1.22 bits per heavy atom. The quantitative estimate of drug-likeness (QED) is 0.818. The molecule has 5 heteroatoms. The molecule has 0 amide bonds. The number of rotatable bonds is 4. The molecule has 1 atom stereocenters. The summed E-state index contributed by atoms with van der Waals surface area (Å²) in [5.41, 5.74) is 0.982. The normalized spacial score (nSPS) is 12.2. The monoisotopic (exact) mass is 373 g/mol. The van der Waals surface area contributed by atoms with Crippen molar-refractivity contribution in [3.05, 3.63) is 45.2 Å². The lowest BCUT2D eigenvalue weighted by Gasteiger charge is -2.14. The molecule has 1 unspecified atom stereocenters. The van der Waals surface area contributed by atoms with Crippen LogP contribution in [0.1, 0.15) is 18.7 Å². The van der Waals surface area contributed by atoms with Gasteiger partial charge in [0.05, 0.1) is 17.6 Å². The van der Waals surface area contributed by atoms with E-state index in [2.05, 4.69) is 37.2 Å². The number of ether oxygens (including phenoxy) is 1. The standard InChI is InChI=1S/C13H13Br2NO2/c1-8(11-5-6-13(15)18-11)16-9-3-4-10(14)12(7-9)17-2/h3-8,16H,1-2H3. The molecule has 0 aliphatic heterocycles. The molecule has 3 nitrogen and oxygen atoms in total. The van der Waals surface area contributed by atoms with Crippen LogP contribution in [0.3, 0.4) is 0 Å². The van der Waals surface area contributed by atoms with E-state index in [1.54, 1.807) is 7.11 Å². The number of hydrogen-bond donors (Lipinski definition) is 1. The Bertz CT molecular complexity index is 540. The number of nitrogens with one attached hydrogen (secondary N) is 1. The lowest BCUT2D eigenvalue weighted by molar-refractivity contribution is 0.412. The molecule has 0 bridgehead atoms. The minimum atomic E-state index is 0.0854. The molecule has 0 spiro atoms. The molecule has 1 aromatic carbocycles. The Kier molecular flexibility index (Phi) is 4.35. The second-order valence-electron chi connectivity index (χ2n) is 3.86. The van der Waals surface area contributed by atoms with Crippen LogP contribution in [0.4, 0.5) is 5.69 Å². The lowest BCUT2D eigenvalue weighted by Crippen LogP contribution is -2.05. The second-order valence-corrected chi connectivity index (χ2v) is 5.49. The van der Waals surface area contributed by atoms with Crippen LogP contribution in [0.15, 0.2) is 43.9 Å². The van der Waals surface area contributed by atoms with Gasteiger partial charge in [0.25, 0.3) is 0 Å². The third-order valence-corrected chi connectivity index (χ3v) is 3.64. The molecular weight excluding hydrogens is 362 g/mol. The Morgan fingerprint density at radius 2 is 2.00 bits per heavy atom. The predicted octanol–water partition coefficient (Wildman–Crippen LogP) is 4.99. The first-order chi connectivity index (χ1) is 8.60. The zero-order valence-electron chi connectivity index (χ0n) is 10.0. The van der Waals surface area contributed by atoms with Gasteiger partial charge >= 0.3 is 0 Å². The molecule has 0 fully saturated rings. The van der Waals surface area contributed by atoms with Gasteiger partial charge in [-0.05, 0) is 63.0 Å². The Morgan fingerprint density at radius 3 is 2.61 bits per heavy atom. The molecule has 0 aliphatic carbocycles. The van der Waals surface area contributed by atoms with Crippen LogP contribution in [0.2, 0.25) is 0 Å². The van der Waals surface area contributed by atoms with Crippen molar-refractivity contribution in [2.75, 3.05) is 12.4 Å². The summed E-state index contributed by atoms with van der Waals surface area (Å²) in [6.45, 7) is 2.04. The van der Waals surface area contributed by atoms with Crippen molar-refractivity contribution in [3.8, 4) is 5.75 Å². The fourth-order valence-corrected chi connectivity index (χ4v) is 2.36. The summed E-state index contributed by atoms with van der Waals surface area (Å²) in [7, 11) is 1.65. The van der Waals surface area contributed by atoms with E-state index in [4.69, 9.17) is 9.15 Å². The van der Waals surface area contributed by atoms with E-state index in [0.29, 0.717) is 0 Å². The van der Waals surface area contributed by atoms with Gasteiger partial charge < -0.3 is 14.5 Å². The van der Waals surface area contributed by atoms with Gasteiger partial charge in [-0.3, -0.25) is 0 Å². The molecular formula is C13H13Br2NO2. The summed E-state index contributed by atoms with van der Waals surface area (Å²) < 4.78 is 12.4. The first kappa shape index (κ1) is 13.5. The lowest BCUT2D eigenvalue weighted by atomic mass is 10.2. The van der Waals surface area contributed by atoms with Crippen LogP contribution in [0.5, 0.6) is 5.75 Å². The van der Waals surface area contributed by atoms with Gasteiger partial charge in [0, 0.05) is 11.8 Å². The minimum absolute atomic E-state index is 0.0854. The number of halogens is 2. The van der Waals surface area contributed by atoms with E-state index in [-0.39, 0.29) is 6.04 Å². The highest BCUT2D eigenvalue weighted by Gasteiger charge is 2.10. The number of benzene rings is 1. The average molecular weight is 375 g/mol. The maximum Gasteiger partial charge on any atom is 0.169 e. The average Bonchev–Trinajstić information content (AvgIpc) is 2.78. The van der Waals surface area contributed by atoms with E-state index in [1.165, 1.54) is 0 Å². The first-order valence-electron chi connectivity index (χ1n) is 5.45. The van der Waals surface area contributed by atoms with Gasteiger partial charge in [0.15, 0.2) is 4.67 Å². The van der Waals surface area contributed by atoms with E-state index in [9.17, 15) is 0 Å². The summed E-state index contributed by atoms with van der Waals surface area (Å²) in [5, 5.41) is 3.36. The van der Waals surface area contributed by atoms with Gasteiger partial charge in [-0.15, -0.1) is 0 Å². The number of furan rings is 1. The topological polar surface area (TPSA) is 34.4 Å². The predicted molar refractivity (Wildman–Crippen MR) is 79.1 cm³/mol. The zero-order valence-corrected chi connectivity index (χ0v) is 13.2. The van der Waals surface area contributed by atoms with Crippen molar-refractivity contribution in [1.29, 1.82) is 0 Å². The maximum absolute atomic E-state index is 5.51. The molecule has 0 saturated heterocycles. The van der Waals surface area contributed by atoms with Crippen LogP contribution < -0.4 is 10.1 Å². The molecule has 1 heterocycles. The summed E-state index contributed by atoms with van der Waals surface area (Å²) >= 11 is 6.73. The fourth-order valence-electron chi connectivity index (χ4n) is 1.63. The molecule has 2 rings (SSSR count). The van der Waals surface area contributed by atoms with E-state index < -0.39 is 0 Å². The Hall–Kier alpha value is -0.940. The van der Waals surface area contributed by atoms with E-state index >= 15 is 0 Å². The molecule has 1 aromatic heterocycles. The molecule has 1 N–H and O–H groups in total. The number of hydrogen-bond acceptors (Lipinski definition) is 3. The summed E-state index contributed by atoms with van der Waals surface area (Å²) in [5.74, 6) is 1.68. The van der Waals surface area contributed by atoms with Crippen LogP contribution >= 0.6 is 31.9 Å². The molecule has 96 valence electrons. The summed E-state index contributed by atoms with van der Waals surface area (Å²) in [4.78, 5) is 0. The largest absolute Gasteiger partial charge is 0.495 e. The smallest absolute Gasteiger partial charge is 0.169 e. The highest BCUT2D eigenvalue weighted by Crippen LogP contribution is 2.30. The van der Waals surface area contributed by atoms with Crippen LogP contribution in [0, 0.1) is 0 Å². The molecule has 18 heavy (non-hydrogen) atoms. The summed E-state index contributed by atoms with van der Waals surface area (Å²) in [6, 6.07) is 9.79. The third-order valence-electron chi connectivity index (χ3n) is 2.56. The Balaban J connectivity index is 2.14. The third kappa shape index (κ3) is 3.09. The molecule has 0 saturated carbocycles. The second kappa shape index (κ2) is 5.80. The molecule has 0 radical (unpaired) electrons. The molecule has 0 aliphatic rings. The van der Waals surface area contributed by atoms with Gasteiger partial charge in [0.2, 0.25) is 0 Å². The Labute approximate surface area is 123 Å². The number of methoxy groups -OCH3 is 1. The van der Waals surface area contributed by atoms with Crippen LogP contribution in [-0.2, 0) is 0 Å². The first-order valence-corrected chi connectivity index (χ1v) is 7.04. The van der Waals surface area contributed by atoms with E-state index in [0.717, 1.165) is 26.3 Å². The zero-order chi connectivity index (χ0) is 13.1. The van der Waals surface area contributed by atoms with E-state index in [1.807, 2.05) is 37.3 Å². The van der Waals surface area contributed by atoms with Crippen molar-refractivity contribution in [3.63, 3.8) is 0 Å². The van der Waals surface area contributed by atoms with Crippen LogP contribution in [0.25, 0.3) is 0 Å². The van der Waals surface area contributed by atoms with Crippen molar-refractivity contribution >= 4 is 37.5 Å². The highest BCUT2D eigenvalue weighted by molar-refractivity contribution is 9.10. The minimum Gasteiger partial charge on any atom is -0.495 e. The highest BCUT2D eigenvalue weighted by atomic mass is 79.9. The fraction of sp³-hybridized carbons (Fsp3) is 0.231. The summed E-state index contributed by atoms with van der Waals surface area (Å²) in [6.07, 6.45) is 0. The van der Waals surface area contributed by atoms with Crippen molar-refractivity contribution < 1.29 is 9.15 Å². The SMILES string of the molecule is COc1cc(NC(C)c2ccc(Br)o2)ccc1Br. The molecule has 2 aromatic rings. The van der Waals surface area contributed by atoms with Crippen molar-refractivity contribution in [1.82, 2.24) is 0 Å². The van der Waals surface area contributed by atoms with Crippen LogP contribution in [-0.4, -0.2) is 7.11 Å². The van der Waals surface area contributed by atoms with Gasteiger partial charge in [-0.1, -0.05) is 0 Å². The van der Waals surface area contributed by atoms with Crippen molar-refractivity contribution in [2.45, 2.75) is 13.0 Å². The van der Waals surface area contributed by atoms with Gasteiger partial charge in [0.1, 0.15) is 11.5 Å². The van der Waals surface area contributed by atoms with Gasteiger partial charge in [-0.2, -0.15) is 0 Å². The maximum atomic E-state index is 5.51. The number of anilines is 1. The van der Waals surface area contributed by atoms with Gasteiger partial charge in [-0.25, -0.2) is 0 Å². The van der Waals surface area contributed by atoms with Crippen molar-refractivity contribution in [2.24, 2.45) is 0 Å².